The molecule has 28 heavy (non-hydrogen) atoms. The maximum absolute atomic E-state index is 11.6. The van der Waals surface area contributed by atoms with Crippen LogP contribution in [0.4, 0.5) is 5.82 Å². The third kappa shape index (κ3) is 4.21. The van der Waals surface area contributed by atoms with Crippen molar-refractivity contribution in [3.05, 3.63) is 41.2 Å². The van der Waals surface area contributed by atoms with E-state index in [0.29, 0.717) is 34.4 Å². The molecule has 0 amide bonds. The van der Waals surface area contributed by atoms with Gasteiger partial charge in [0.1, 0.15) is 5.82 Å². The molecule has 0 aliphatic rings. The topological polar surface area (TPSA) is 105 Å². The van der Waals surface area contributed by atoms with Gasteiger partial charge in [-0.05, 0) is 43.9 Å². The predicted molar refractivity (Wildman–Crippen MR) is 106 cm³/mol. The lowest BCUT2D eigenvalue weighted by Crippen LogP contribution is -2.04. The number of hydrogen-bond acceptors (Lipinski definition) is 7. The molecule has 8 nitrogen and oxygen atoms in total. The van der Waals surface area contributed by atoms with Gasteiger partial charge in [-0.15, -0.1) is 0 Å². The molecule has 1 aromatic carbocycles. The molecule has 148 valence electrons. The van der Waals surface area contributed by atoms with E-state index in [1.165, 1.54) is 7.11 Å². The van der Waals surface area contributed by atoms with Gasteiger partial charge in [0.05, 0.1) is 19.8 Å². The third-order valence-corrected chi connectivity index (χ3v) is 4.58. The monoisotopic (exact) mass is 383 g/mol. The minimum Gasteiger partial charge on any atom is -0.468 e. The second-order valence-corrected chi connectivity index (χ2v) is 6.58. The number of nitrogens with zero attached hydrogens (tertiary/aromatic N) is 4. The zero-order valence-electron chi connectivity index (χ0n) is 16.4. The summed E-state index contributed by atoms with van der Waals surface area (Å²) in [5.41, 5.74) is 8.95. The highest BCUT2D eigenvalue weighted by molar-refractivity contribution is 5.89. The first-order chi connectivity index (χ1) is 13.5. The van der Waals surface area contributed by atoms with Gasteiger partial charge in [0, 0.05) is 6.54 Å². The van der Waals surface area contributed by atoms with Crippen molar-refractivity contribution in [3.63, 3.8) is 0 Å². The minimum atomic E-state index is -0.308. The lowest BCUT2D eigenvalue weighted by Gasteiger charge is -2.08. The molecule has 0 bridgehead atoms. The second kappa shape index (κ2) is 8.69. The van der Waals surface area contributed by atoms with Crippen molar-refractivity contribution >= 4 is 23.0 Å². The van der Waals surface area contributed by atoms with E-state index in [2.05, 4.69) is 15.0 Å². The van der Waals surface area contributed by atoms with Crippen molar-refractivity contribution in [2.75, 3.05) is 20.0 Å². The molecule has 0 saturated heterocycles. The van der Waals surface area contributed by atoms with E-state index >= 15 is 0 Å². The molecule has 0 atom stereocenters. The largest absolute Gasteiger partial charge is 0.468 e. The molecule has 0 aliphatic heterocycles. The molecule has 0 saturated carbocycles. The molecular weight excluding hydrogens is 358 g/mol. The van der Waals surface area contributed by atoms with Crippen molar-refractivity contribution in [2.45, 2.75) is 39.2 Å². The highest BCUT2D eigenvalue weighted by Crippen LogP contribution is 2.24. The van der Waals surface area contributed by atoms with Crippen LogP contribution in [-0.4, -0.2) is 39.7 Å². The van der Waals surface area contributed by atoms with Crippen molar-refractivity contribution in [1.29, 1.82) is 0 Å². The number of aryl methyl sites for hydroxylation is 3. The maximum atomic E-state index is 11.6. The Hall–Kier alpha value is -3.16. The fourth-order valence-electron chi connectivity index (χ4n) is 3.22. The summed E-state index contributed by atoms with van der Waals surface area (Å²) in [7, 11) is 2.98. The Morgan fingerprint density at radius 1 is 1.14 bits per heavy atom. The molecule has 0 unspecified atom stereocenters. The van der Waals surface area contributed by atoms with Crippen LogP contribution in [0.2, 0.25) is 0 Å². The van der Waals surface area contributed by atoms with Gasteiger partial charge in [-0.25, -0.2) is 14.8 Å². The molecule has 2 heterocycles. The Morgan fingerprint density at radius 3 is 2.71 bits per heavy atom. The Morgan fingerprint density at radius 2 is 1.96 bits per heavy atom. The Balaban J connectivity index is 1.59. The first-order valence-corrected chi connectivity index (χ1v) is 9.25. The molecule has 0 spiro atoms. The number of nitrogen functional groups attached to an aromatic ring is 1. The number of aromatic nitrogens is 4. The lowest BCUT2D eigenvalue weighted by molar-refractivity contribution is 0.0600. The molecule has 8 heteroatoms. The molecule has 2 N–H and O–H groups in total. The minimum absolute atomic E-state index is 0.308. The quantitative estimate of drug-likeness (QED) is 0.471. The van der Waals surface area contributed by atoms with Crippen LogP contribution in [0.5, 0.6) is 6.01 Å². The number of esters is 1. The fraction of sp³-hybridized carbons (Fsp3) is 0.400. The van der Waals surface area contributed by atoms with E-state index in [9.17, 15) is 4.79 Å². The number of ether oxygens (including phenoxy) is 2. The van der Waals surface area contributed by atoms with Crippen LogP contribution >= 0.6 is 0 Å². The summed E-state index contributed by atoms with van der Waals surface area (Å²) in [4.78, 5) is 24.7. The SMILES string of the molecule is COC(=O)c1cccc(CCCCCn2c(OC)nc3c(N)nc(C)nc32)c1. The number of anilines is 1. The van der Waals surface area contributed by atoms with Gasteiger partial charge in [-0.2, -0.15) is 4.98 Å². The summed E-state index contributed by atoms with van der Waals surface area (Å²) in [6, 6.07) is 8.06. The zero-order valence-corrected chi connectivity index (χ0v) is 16.4. The fourth-order valence-corrected chi connectivity index (χ4v) is 3.22. The van der Waals surface area contributed by atoms with E-state index in [4.69, 9.17) is 15.2 Å². The normalized spacial score (nSPS) is 11.0. The average Bonchev–Trinajstić information content (AvgIpc) is 3.05. The van der Waals surface area contributed by atoms with Gasteiger partial charge in [0.25, 0.3) is 6.01 Å². The molecule has 3 aromatic rings. The molecular formula is C20H25N5O3. The number of imidazole rings is 1. The van der Waals surface area contributed by atoms with Crippen LogP contribution in [0, 0.1) is 6.92 Å². The molecule has 0 aliphatic carbocycles. The van der Waals surface area contributed by atoms with Gasteiger partial charge in [-0.3, -0.25) is 4.57 Å². The highest BCUT2D eigenvalue weighted by atomic mass is 16.5. The Labute approximate surface area is 163 Å². The van der Waals surface area contributed by atoms with Crippen LogP contribution in [-0.2, 0) is 17.7 Å². The van der Waals surface area contributed by atoms with E-state index in [1.807, 2.05) is 29.7 Å². The first-order valence-electron chi connectivity index (χ1n) is 9.25. The number of benzene rings is 1. The third-order valence-electron chi connectivity index (χ3n) is 4.58. The van der Waals surface area contributed by atoms with Crippen LogP contribution in [0.3, 0.4) is 0 Å². The Bertz CT molecular complexity index is 983. The second-order valence-electron chi connectivity index (χ2n) is 6.58. The number of methoxy groups -OCH3 is 2. The maximum Gasteiger partial charge on any atom is 0.337 e. The van der Waals surface area contributed by atoms with Crippen LogP contribution in [0.15, 0.2) is 24.3 Å². The van der Waals surface area contributed by atoms with E-state index in [-0.39, 0.29) is 5.97 Å². The van der Waals surface area contributed by atoms with Crippen LogP contribution in [0.1, 0.15) is 41.0 Å². The number of carbonyl (C=O) groups is 1. The van der Waals surface area contributed by atoms with Gasteiger partial charge in [0.15, 0.2) is 17.0 Å². The van der Waals surface area contributed by atoms with E-state index in [0.717, 1.165) is 37.8 Å². The highest BCUT2D eigenvalue weighted by Gasteiger charge is 2.16. The standard InChI is InChI=1S/C20H25N5O3/c1-13-22-17(21)16-18(23-13)25(20(24-16)28-3)11-6-4-5-8-14-9-7-10-15(12-14)19(26)27-2/h7,9-10,12H,4-6,8,11H2,1-3H3,(H2,21,22,23). The average molecular weight is 383 g/mol. The number of fused-ring (bicyclic) bond motifs is 1. The van der Waals surface area contributed by atoms with Crippen molar-refractivity contribution in [2.24, 2.45) is 0 Å². The predicted octanol–water partition coefficient (Wildman–Crippen LogP) is 2.93. The van der Waals surface area contributed by atoms with Crippen LogP contribution < -0.4 is 10.5 Å². The Kier molecular flexibility index (Phi) is 6.08. The molecule has 2 aromatic heterocycles. The number of rotatable bonds is 8. The molecule has 0 radical (unpaired) electrons. The van der Waals surface area contributed by atoms with Crippen molar-refractivity contribution in [1.82, 2.24) is 19.5 Å². The number of nitrogens with two attached hydrogens (primary N) is 1. The molecule has 0 fully saturated rings. The van der Waals surface area contributed by atoms with Crippen molar-refractivity contribution < 1.29 is 14.3 Å². The summed E-state index contributed by atoms with van der Waals surface area (Å²) < 4.78 is 12.1. The smallest absolute Gasteiger partial charge is 0.337 e. The summed E-state index contributed by atoms with van der Waals surface area (Å²) >= 11 is 0. The summed E-state index contributed by atoms with van der Waals surface area (Å²) in [5, 5.41) is 0. The van der Waals surface area contributed by atoms with Gasteiger partial charge in [0.2, 0.25) is 0 Å². The lowest BCUT2D eigenvalue weighted by atomic mass is 10.0. The summed E-state index contributed by atoms with van der Waals surface area (Å²) in [5.74, 6) is 0.668. The number of hydrogen-bond donors (Lipinski definition) is 1. The summed E-state index contributed by atoms with van der Waals surface area (Å²) in [6.45, 7) is 2.54. The van der Waals surface area contributed by atoms with E-state index in [1.54, 1.807) is 13.2 Å². The van der Waals surface area contributed by atoms with Crippen LogP contribution in [0.25, 0.3) is 11.2 Å². The first kappa shape index (κ1) is 19.6. The van der Waals surface area contributed by atoms with Gasteiger partial charge < -0.3 is 15.2 Å². The number of unbranched alkanes of at least 4 members (excludes halogenated alkanes) is 2. The molecule has 3 rings (SSSR count). The van der Waals surface area contributed by atoms with Crippen molar-refractivity contribution in [3.8, 4) is 6.01 Å². The number of carbonyl (C=O) groups excluding carboxylic acids is 1. The van der Waals surface area contributed by atoms with Gasteiger partial charge in [-0.1, -0.05) is 18.6 Å². The van der Waals surface area contributed by atoms with Gasteiger partial charge >= 0.3 is 5.97 Å². The van der Waals surface area contributed by atoms with E-state index < -0.39 is 0 Å². The summed E-state index contributed by atoms with van der Waals surface area (Å²) in [6.07, 6.45) is 3.88. The zero-order chi connectivity index (χ0) is 20.1.